The summed E-state index contributed by atoms with van der Waals surface area (Å²) in [6.07, 6.45) is -2.57. The number of ether oxygens (including phenoxy) is 2. The van der Waals surface area contributed by atoms with E-state index in [0.29, 0.717) is 0 Å². The second kappa shape index (κ2) is 5.20. The molecule has 0 aliphatic heterocycles. The summed E-state index contributed by atoms with van der Waals surface area (Å²) in [4.78, 5) is 11.1. The number of esters is 1. The number of carbonyl (C=O) groups is 1. The van der Waals surface area contributed by atoms with Crippen LogP contribution in [0.5, 0.6) is 5.75 Å². The molecule has 0 amide bonds. The number of benzene rings is 1. The van der Waals surface area contributed by atoms with Gasteiger partial charge in [0.05, 0.1) is 12.7 Å². The molecule has 6 heteroatoms. The fraction of sp³-hybridized carbons (Fsp3) is 0.100. The minimum atomic E-state index is -2.57. The average Bonchev–Trinajstić information content (AvgIpc) is 2.28. The average molecular weight is 232 g/mol. The molecule has 1 aromatic carbocycles. The maximum absolute atomic E-state index is 12.4. The first-order chi connectivity index (χ1) is 7.54. The minimum absolute atomic E-state index is 0.0760. The highest BCUT2D eigenvalue weighted by Gasteiger charge is 2.10. The molecule has 3 nitrogen and oxygen atoms in total. The van der Waals surface area contributed by atoms with Crippen molar-refractivity contribution in [3.63, 3.8) is 0 Å². The van der Waals surface area contributed by atoms with Crippen LogP contribution in [0.25, 0.3) is 0 Å². The van der Waals surface area contributed by atoms with E-state index < -0.39 is 18.1 Å². The second-order valence-corrected chi connectivity index (χ2v) is 2.66. The van der Waals surface area contributed by atoms with Gasteiger partial charge in [-0.05, 0) is 18.2 Å². The maximum atomic E-state index is 12.4. The predicted octanol–water partition coefficient (Wildman–Crippen LogP) is 2.89. The maximum Gasteiger partial charge on any atom is 0.344 e. The number of halogens is 3. The van der Waals surface area contributed by atoms with E-state index in [9.17, 15) is 18.0 Å². The number of hydrogen-bond acceptors (Lipinski definition) is 3. The lowest BCUT2D eigenvalue weighted by Crippen LogP contribution is -2.01. The standard InChI is InChI=1S/C10H7F3O3/c1-15-10(14)6-3-2-4-7(5-6)16-9(13)8(11)12/h2-5H,1H3. The molecule has 0 atom stereocenters. The highest BCUT2D eigenvalue weighted by atomic mass is 19.3. The van der Waals surface area contributed by atoms with Crippen molar-refractivity contribution in [3.05, 3.63) is 41.9 Å². The lowest BCUT2D eigenvalue weighted by molar-refractivity contribution is 0.0600. The number of rotatable bonds is 3. The predicted molar refractivity (Wildman–Crippen MR) is 48.8 cm³/mol. The summed E-state index contributed by atoms with van der Waals surface area (Å²) in [5.74, 6) is -0.885. The molecule has 1 rings (SSSR count). The summed E-state index contributed by atoms with van der Waals surface area (Å²) in [5, 5.41) is 0. The Morgan fingerprint density at radius 1 is 1.25 bits per heavy atom. The van der Waals surface area contributed by atoms with Gasteiger partial charge < -0.3 is 9.47 Å². The minimum Gasteiger partial charge on any atom is -0.465 e. The van der Waals surface area contributed by atoms with Crippen molar-refractivity contribution in [1.82, 2.24) is 0 Å². The van der Waals surface area contributed by atoms with Gasteiger partial charge in [-0.25, -0.2) is 4.79 Å². The van der Waals surface area contributed by atoms with Crippen LogP contribution in [0.15, 0.2) is 36.4 Å². The van der Waals surface area contributed by atoms with E-state index in [2.05, 4.69) is 9.47 Å². The Kier molecular flexibility index (Phi) is 3.93. The summed E-state index contributed by atoms with van der Waals surface area (Å²) < 4.78 is 44.4. The fourth-order valence-electron chi connectivity index (χ4n) is 0.946. The molecule has 0 spiro atoms. The molecule has 0 saturated carbocycles. The van der Waals surface area contributed by atoms with E-state index in [0.717, 1.165) is 13.2 Å². The fourth-order valence-corrected chi connectivity index (χ4v) is 0.946. The molecule has 0 aliphatic carbocycles. The van der Waals surface area contributed by atoms with Crippen LogP contribution in [0.3, 0.4) is 0 Å². The molecule has 0 fully saturated rings. The van der Waals surface area contributed by atoms with Crippen molar-refractivity contribution in [3.8, 4) is 5.75 Å². The topological polar surface area (TPSA) is 35.5 Å². The van der Waals surface area contributed by atoms with Crippen LogP contribution in [0.4, 0.5) is 13.2 Å². The Balaban J connectivity index is 2.91. The molecule has 86 valence electrons. The van der Waals surface area contributed by atoms with Crippen molar-refractivity contribution >= 4 is 5.97 Å². The molecule has 0 aliphatic rings. The Bertz CT molecular complexity index is 425. The van der Waals surface area contributed by atoms with Gasteiger partial charge in [0.1, 0.15) is 5.75 Å². The lowest BCUT2D eigenvalue weighted by atomic mass is 10.2. The third-order valence-electron chi connectivity index (χ3n) is 1.61. The zero-order valence-electron chi connectivity index (χ0n) is 8.17. The normalized spacial score (nSPS) is 9.50. The zero-order chi connectivity index (χ0) is 12.1. The van der Waals surface area contributed by atoms with E-state index >= 15 is 0 Å². The zero-order valence-corrected chi connectivity index (χ0v) is 8.17. The van der Waals surface area contributed by atoms with Gasteiger partial charge in [0.25, 0.3) is 0 Å². The van der Waals surface area contributed by atoms with Gasteiger partial charge in [-0.15, -0.1) is 0 Å². The van der Waals surface area contributed by atoms with Gasteiger partial charge in [-0.3, -0.25) is 0 Å². The quantitative estimate of drug-likeness (QED) is 0.593. The SMILES string of the molecule is COC(=O)c1cccc(OC(F)=C(F)F)c1. The van der Waals surface area contributed by atoms with Gasteiger partial charge in [0.15, 0.2) is 0 Å². The van der Waals surface area contributed by atoms with Gasteiger partial charge in [-0.2, -0.15) is 13.2 Å². The Morgan fingerprint density at radius 3 is 2.50 bits per heavy atom. The first-order valence-corrected chi connectivity index (χ1v) is 4.11. The monoisotopic (exact) mass is 232 g/mol. The van der Waals surface area contributed by atoms with Crippen LogP contribution in [0.2, 0.25) is 0 Å². The van der Waals surface area contributed by atoms with Crippen LogP contribution in [-0.4, -0.2) is 13.1 Å². The summed E-state index contributed by atoms with van der Waals surface area (Å²) in [7, 11) is 1.16. The van der Waals surface area contributed by atoms with Crippen LogP contribution >= 0.6 is 0 Å². The highest BCUT2D eigenvalue weighted by Crippen LogP contribution is 2.19. The molecule has 0 bridgehead atoms. The number of hydrogen-bond donors (Lipinski definition) is 0. The summed E-state index contributed by atoms with van der Waals surface area (Å²) in [6.45, 7) is 0. The first kappa shape index (κ1) is 12.1. The molecule has 0 unspecified atom stereocenters. The molecule has 16 heavy (non-hydrogen) atoms. The largest absolute Gasteiger partial charge is 0.465 e. The Labute approximate surface area is 89.1 Å². The summed E-state index contributed by atoms with van der Waals surface area (Å²) in [6, 6.07) is 3.06. The van der Waals surface area contributed by atoms with E-state index in [-0.39, 0.29) is 11.3 Å². The lowest BCUT2D eigenvalue weighted by Gasteiger charge is -2.03. The molecule has 0 heterocycles. The van der Waals surface area contributed by atoms with Crippen molar-refractivity contribution in [2.24, 2.45) is 0 Å². The van der Waals surface area contributed by atoms with Crippen molar-refractivity contribution in [1.29, 1.82) is 0 Å². The van der Waals surface area contributed by atoms with Crippen LogP contribution in [0, 0.1) is 0 Å². The molecule has 0 aromatic heterocycles. The third-order valence-corrected chi connectivity index (χ3v) is 1.61. The van der Waals surface area contributed by atoms with Crippen molar-refractivity contribution < 1.29 is 27.4 Å². The summed E-state index contributed by atoms with van der Waals surface area (Å²) in [5.41, 5.74) is 0.0760. The molecular formula is C10H7F3O3. The third kappa shape index (κ3) is 3.01. The molecule has 0 N–H and O–H groups in total. The molecule has 1 aromatic rings. The van der Waals surface area contributed by atoms with E-state index in [1.165, 1.54) is 18.2 Å². The number of methoxy groups -OCH3 is 1. The van der Waals surface area contributed by atoms with Crippen LogP contribution in [0.1, 0.15) is 10.4 Å². The second-order valence-electron chi connectivity index (χ2n) is 2.66. The van der Waals surface area contributed by atoms with Crippen molar-refractivity contribution in [2.45, 2.75) is 0 Å². The first-order valence-electron chi connectivity index (χ1n) is 4.11. The Morgan fingerprint density at radius 2 is 1.94 bits per heavy atom. The van der Waals surface area contributed by atoms with E-state index in [1.807, 2.05) is 0 Å². The van der Waals surface area contributed by atoms with Gasteiger partial charge >= 0.3 is 18.1 Å². The van der Waals surface area contributed by atoms with Gasteiger partial charge in [0.2, 0.25) is 0 Å². The van der Waals surface area contributed by atoms with Crippen molar-refractivity contribution in [2.75, 3.05) is 7.11 Å². The van der Waals surface area contributed by atoms with E-state index in [1.54, 1.807) is 0 Å². The molecule has 0 saturated heterocycles. The van der Waals surface area contributed by atoms with Crippen LogP contribution < -0.4 is 4.74 Å². The van der Waals surface area contributed by atoms with E-state index in [4.69, 9.17) is 0 Å². The van der Waals surface area contributed by atoms with Gasteiger partial charge in [-0.1, -0.05) is 6.07 Å². The highest BCUT2D eigenvalue weighted by molar-refractivity contribution is 5.89. The molecular weight excluding hydrogens is 225 g/mol. The Hall–Kier alpha value is -1.98. The van der Waals surface area contributed by atoms with Crippen LogP contribution in [-0.2, 0) is 4.74 Å². The molecule has 0 radical (unpaired) electrons. The van der Waals surface area contributed by atoms with Gasteiger partial charge in [0, 0.05) is 0 Å². The summed E-state index contributed by atoms with van der Waals surface area (Å²) >= 11 is 0. The smallest absolute Gasteiger partial charge is 0.344 e. The number of carbonyl (C=O) groups excluding carboxylic acids is 1.